The summed E-state index contributed by atoms with van der Waals surface area (Å²) in [5.41, 5.74) is 6.77. The molecule has 0 spiro atoms. The molecule has 0 saturated carbocycles. The third-order valence-corrected chi connectivity index (χ3v) is 2.46. The first kappa shape index (κ1) is 13.6. The first-order chi connectivity index (χ1) is 8.15. The van der Waals surface area contributed by atoms with Crippen LogP contribution in [0.1, 0.15) is 22.3 Å². The number of carbonyl (C=O) groups is 1. The van der Waals surface area contributed by atoms with Crippen LogP contribution in [0.2, 0.25) is 0 Å². The lowest BCUT2D eigenvalue weighted by atomic mass is 10.1. The molecule has 0 bridgehead atoms. The predicted molar refractivity (Wildman–Crippen MR) is 71.2 cm³/mol. The summed E-state index contributed by atoms with van der Waals surface area (Å²) in [6.07, 6.45) is 0.789. The van der Waals surface area contributed by atoms with Crippen molar-refractivity contribution in [3.8, 4) is 0 Å². The molecule has 1 rings (SSSR count). The summed E-state index contributed by atoms with van der Waals surface area (Å²) < 4.78 is 4.89. The van der Waals surface area contributed by atoms with E-state index in [9.17, 15) is 4.79 Å². The van der Waals surface area contributed by atoms with Gasteiger partial charge in [-0.3, -0.25) is 4.79 Å². The van der Waals surface area contributed by atoms with Crippen LogP contribution in [0.4, 0.5) is 0 Å². The van der Waals surface area contributed by atoms with Crippen molar-refractivity contribution in [2.45, 2.75) is 6.42 Å². The summed E-state index contributed by atoms with van der Waals surface area (Å²) in [7, 11) is 1.63. The largest absolute Gasteiger partial charge is 0.389 e. The highest BCUT2D eigenvalue weighted by molar-refractivity contribution is 7.80. The molecule has 0 heterocycles. The molecule has 5 heteroatoms. The van der Waals surface area contributed by atoms with Gasteiger partial charge in [0, 0.05) is 31.4 Å². The number of carbonyl (C=O) groups excluding carboxylic acids is 1. The summed E-state index contributed by atoms with van der Waals surface area (Å²) >= 11 is 4.86. The Labute approximate surface area is 106 Å². The number of methoxy groups -OCH3 is 1. The molecule has 0 aliphatic carbocycles. The summed E-state index contributed by atoms with van der Waals surface area (Å²) in [4.78, 5) is 12.0. The second kappa shape index (κ2) is 6.98. The molecule has 17 heavy (non-hydrogen) atoms. The molecule has 1 aromatic carbocycles. The van der Waals surface area contributed by atoms with Crippen LogP contribution in [0.5, 0.6) is 0 Å². The number of ether oxygens (including phenoxy) is 1. The van der Waals surface area contributed by atoms with Gasteiger partial charge in [-0.2, -0.15) is 0 Å². The molecular formula is C12H16N2O2S. The Morgan fingerprint density at radius 3 is 2.82 bits per heavy atom. The van der Waals surface area contributed by atoms with Gasteiger partial charge in [0.2, 0.25) is 0 Å². The van der Waals surface area contributed by atoms with Gasteiger partial charge in [0.1, 0.15) is 4.99 Å². The lowest BCUT2D eigenvalue weighted by Crippen LogP contribution is -2.25. The SMILES string of the molecule is COCCCNC(=O)c1cccc(C(N)=S)c1. The second-order valence-electron chi connectivity index (χ2n) is 3.55. The van der Waals surface area contributed by atoms with Crippen molar-refractivity contribution in [3.05, 3.63) is 35.4 Å². The molecule has 4 nitrogen and oxygen atoms in total. The molecule has 0 atom stereocenters. The van der Waals surface area contributed by atoms with E-state index >= 15 is 0 Å². The fraction of sp³-hybridized carbons (Fsp3) is 0.333. The van der Waals surface area contributed by atoms with E-state index in [0.717, 1.165) is 6.42 Å². The third-order valence-electron chi connectivity index (χ3n) is 2.22. The minimum absolute atomic E-state index is 0.126. The Hall–Kier alpha value is -1.46. The zero-order valence-electron chi connectivity index (χ0n) is 9.73. The van der Waals surface area contributed by atoms with Crippen LogP contribution in [0.15, 0.2) is 24.3 Å². The van der Waals surface area contributed by atoms with Gasteiger partial charge in [-0.1, -0.05) is 24.4 Å². The van der Waals surface area contributed by atoms with Crippen LogP contribution < -0.4 is 11.1 Å². The van der Waals surface area contributed by atoms with E-state index in [0.29, 0.717) is 29.3 Å². The molecule has 1 amide bonds. The Bertz CT molecular complexity index is 407. The fourth-order valence-electron chi connectivity index (χ4n) is 1.33. The van der Waals surface area contributed by atoms with Crippen molar-refractivity contribution in [3.63, 3.8) is 0 Å². The molecule has 0 aliphatic heterocycles. The smallest absolute Gasteiger partial charge is 0.251 e. The van der Waals surface area contributed by atoms with Crippen LogP contribution in [-0.4, -0.2) is 31.2 Å². The van der Waals surface area contributed by atoms with E-state index in [1.54, 1.807) is 31.4 Å². The summed E-state index contributed by atoms with van der Waals surface area (Å²) in [6, 6.07) is 6.96. The van der Waals surface area contributed by atoms with Gasteiger partial charge in [-0.05, 0) is 18.6 Å². The van der Waals surface area contributed by atoms with Crippen LogP contribution >= 0.6 is 12.2 Å². The first-order valence-electron chi connectivity index (χ1n) is 5.32. The fourth-order valence-corrected chi connectivity index (χ4v) is 1.46. The maximum absolute atomic E-state index is 11.7. The van der Waals surface area contributed by atoms with Gasteiger partial charge >= 0.3 is 0 Å². The number of nitrogens with two attached hydrogens (primary N) is 1. The molecule has 92 valence electrons. The number of hydrogen-bond acceptors (Lipinski definition) is 3. The molecule has 0 aliphatic rings. The molecule has 0 aromatic heterocycles. The molecular weight excluding hydrogens is 236 g/mol. The van der Waals surface area contributed by atoms with Crippen molar-refractivity contribution in [1.29, 1.82) is 0 Å². The highest BCUT2D eigenvalue weighted by atomic mass is 32.1. The second-order valence-corrected chi connectivity index (χ2v) is 3.99. The number of benzene rings is 1. The average Bonchev–Trinajstić information content (AvgIpc) is 2.34. The van der Waals surface area contributed by atoms with Crippen LogP contribution in [0.3, 0.4) is 0 Å². The van der Waals surface area contributed by atoms with Crippen molar-refractivity contribution in [2.75, 3.05) is 20.3 Å². The van der Waals surface area contributed by atoms with Gasteiger partial charge < -0.3 is 15.8 Å². The molecule has 0 radical (unpaired) electrons. The van der Waals surface area contributed by atoms with Gasteiger partial charge in [-0.25, -0.2) is 0 Å². The molecule has 0 saturated heterocycles. The average molecular weight is 252 g/mol. The van der Waals surface area contributed by atoms with Gasteiger partial charge in [0.25, 0.3) is 5.91 Å². The monoisotopic (exact) mass is 252 g/mol. The maximum atomic E-state index is 11.7. The van der Waals surface area contributed by atoms with Crippen molar-refractivity contribution < 1.29 is 9.53 Å². The first-order valence-corrected chi connectivity index (χ1v) is 5.73. The third kappa shape index (κ3) is 4.50. The maximum Gasteiger partial charge on any atom is 0.251 e. The van der Waals surface area contributed by atoms with E-state index in [2.05, 4.69) is 5.32 Å². The zero-order valence-corrected chi connectivity index (χ0v) is 10.5. The topological polar surface area (TPSA) is 64.3 Å². The molecule has 3 N–H and O–H groups in total. The van der Waals surface area contributed by atoms with Crippen molar-refractivity contribution in [1.82, 2.24) is 5.32 Å². The molecule has 0 unspecified atom stereocenters. The van der Waals surface area contributed by atoms with E-state index in [4.69, 9.17) is 22.7 Å². The lowest BCUT2D eigenvalue weighted by Gasteiger charge is -2.06. The number of rotatable bonds is 6. The van der Waals surface area contributed by atoms with Gasteiger partial charge in [0.15, 0.2) is 0 Å². The number of nitrogens with one attached hydrogen (secondary N) is 1. The molecule has 0 fully saturated rings. The van der Waals surface area contributed by atoms with Crippen LogP contribution in [0, 0.1) is 0 Å². The normalized spacial score (nSPS) is 9.94. The minimum Gasteiger partial charge on any atom is -0.389 e. The standard InChI is InChI=1S/C12H16N2O2S/c1-16-7-3-6-14-12(15)10-5-2-4-9(8-10)11(13)17/h2,4-5,8H,3,6-7H2,1H3,(H2,13,17)(H,14,15). The van der Waals surface area contributed by atoms with Crippen LogP contribution in [-0.2, 0) is 4.74 Å². The van der Waals surface area contributed by atoms with Crippen molar-refractivity contribution in [2.24, 2.45) is 5.73 Å². The van der Waals surface area contributed by atoms with E-state index < -0.39 is 0 Å². The minimum atomic E-state index is -0.126. The molecule has 1 aromatic rings. The number of amides is 1. The highest BCUT2D eigenvalue weighted by Gasteiger charge is 2.06. The van der Waals surface area contributed by atoms with Crippen LogP contribution in [0.25, 0.3) is 0 Å². The number of hydrogen-bond donors (Lipinski definition) is 2. The Balaban J connectivity index is 2.56. The predicted octanol–water partition coefficient (Wildman–Crippen LogP) is 1.09. The van der Waals surface area contributed by atoms with E-state index in [-0.39, 0.29) is 5.91 Å². The summed E-state index contributed by atoms with van der Waals surface area (Å²) in [5.74, 6) is -0.126. The quantitative estimate of drug-likeness (QED) is 0.587. The summed E-state index contributed by atoms with van der Waals surface area (Å²) in [5, 5.41) is 2.80. The van der Waals surface area contributed by atoms with Crippen molar-refractivity contribution >= 4 is 23.1 Å². The Morgan fingerprint density at radius 2 is 2.18 bits per heavy atom. The van der Waals surface area contributed by atoms with Gasteiger partial charge in [0.05, 0.1) is 0 Å². The lowest BCUT2D eigenvalue weighted by molar-refractivity contribution is 0.0948. The summed E-state index contributed by atoms with van der Waals surface area (Å²) in [6.45, 7) is 1.22. The van der Waals surface area contributed by atoms with E-state index in [1.165, 1.54) is 0 Å². The van der Waals surface area contributed by atoms with Gasteiger partial charge in [-0.15, -0.1) is 0 Å². The van der Waals surface area contributed by atoms with E-state index in [1.807, 2.05) is 0 Å². The zero-order chi connectivity index (χ0) is 12.7. The highest BCUT2D eigenvalue weighted by Crippen LogP contribution is 2.05. The Morgan fingerprint density at radius 1 is 1.47 bits per heavy atom. The number of thiocarbonyl (C=S) groups is 1. The Kier molecular flexibility index (Phi) is 5.59.